The van der Waals surface area contributed by atoms with E-state index >= 15 is 0 Å². The summed E-state index contributed by atoms with van der Waals surface area (Å²) in [5.74, 6) is -0.445. The van der Waals surface area contributed by atoms with E-state index in [2.05, 4.69) is 22.0 Å². The number of ether oxygens (including phenoxy) is 1. The van der Waals surface area contributed by atoms with Gasteiger partial charge in [-0.25, -0.2) is 4.79 Å². The third-order valence-electron chi connectivity index (χ3n) is 4.18. The zero-order valence-corrected chi connectivity index (χ0v) is 16.1. The molecule has 4 nitrogen and oxygen atoms in total. The van der Waals surface area contributed by atoms with Crippen LogP contribution in [0.15, 0.2) is 59.2 Å². The molecule has 0 unspecified atom stereocenters. The lowest BCUT2D eigenvalue weighted by Crippen LogP contribution is -2.11. The molecule has 0 radical (unpaired) electrons. The van der Waals surface area contributed by atoms with Crippen LogP contribution in [-0.4, -0.2) is 17.1 Å². The van der Waals surface area contributed by atoms with Crippen LogP contribution in [0.3, 0.4) is 0 Å². The Balaban J connectivity index is 2.13. The van der Waals surface area contributed by atoms with Crippen LogP contribution in [0.4, 0.5) is 0 Å². The molecule has 0 N–H and O–H groups in total. The third kappa shape index (κ3) is 3.16. The van der Waals surface area contributed by atoms with Gasteiger partial charge in [-0.15, -0.1) is 0 Å². The summed E-state index contributed by atoms with van der Waals surface area (Å²) in [6, 6.07) is 20.1. The van der Waals surface area contributed by atoms with Crippen molar-refractivity contribution >= 4 is 21.9 Å². The zero-order valence-electron chi connectivity index (χ0n) is 14.5. The minimum atomic E-state index is -0.445. The molecular weight excluding hydrogens is 392 g/mol. The Bertz CT molecular complexity index is 984. The number of nitrogens with zero attached hydrogens (tertiary/aromatic N) is 2. The molecule has 0 aliphatic carbocycles. The molecule has 0 amide bonds. The van der Waals surface area contributed by atoms with Gasteiger partial charge >= 0.3 is 5.97 Å². The Labute approximate surface area is 160 Å². The molecule has 0 bridgehead atoms. The number of benzene rings is 2. The summed E-state index contributed by atoms with van der Waals surface area (Å²) in [6.45, 7) is 2.03. The van der Waals surface area contributed by atoms with E-state index in [1.807, 2.05) is 54.6 Å². The second-order valence-corrected chi connectivity index (χ2v) is 6.48. The molecule has 0 saturated heterocycles. The SMILES string of the molecule is CCOC(=O)c1c(-c2ccc(-c3ccccc3)cc2)c(C#N)c(Br)n1C. The molecule has 1 heterocycles. The average molecular weight is 409 g/mol. The maximum absolute atomic E-state index is 12.5. The lowest BCUT2D eigenvalue weighted by Gasteiger charge is -2.08. The van der Waals surface area contributed by atoms with Crippen LogP contribution in [0.25, 0.3) is 22.3 Å². The first-order chi connectivity index (χ1) is 12.6. The summed E-state index contributed by atoms with van der Waals surface area (Å²) in [7, 11) is 1.74. The van der Waals surface area contributed by atoms with Crippen LogP contribution in [0.2, 0.25) is 0 Å². The first-order valence-corrected chi connectivity index (χ1v) is 8.99. The van der Waals surface area contributed by atoms with Crippen molar-refractivity contribution in [2.24, 2.45) is 7.05 Å². The highest BCUT2D eigenvalue weighted by atomic mass is 79.9. The first-order valence-electron chi connectivity index (χ1n) is 8.19. The van der Waals surface area contributed by atoms with Gasteiger partial charge in [0.15, 0.2) is 0 Å². The largest absolute Gasteiger partial charge is 0.461 e. The summed E-state index contributed by atoms with van der Waals surface area (Å²) in [5.41, 5.74) is 4.34. The van der Waals surface area contributed by atoms with Gasteiger partial charge in [-0.1, -0.05) is 54.6 Å². The number of aromatic nitrogens is 1. The number of nitriles is 1. The topological polar surface area (TPSA) is 55.0 Å². The summed E-state index contributed by atoms with van der Waals surface area (Å²) < 4.78 is 7.40. The summed E-state index contributed by atoms with van der Waals surface area (Å²) in [5, 5.41) is 9.60. The fourth-order valence-electron chi connectivity index (χ4n) is 2.94. The molecule has 3 aromatic rings. The standard InChI is InChI=1S/C21H17BrN2O2/c1-3-26-21(25)19-18(17(13-23)20(22)24(19)2)16-11-9-15(10-12-16)14-7-5-4-6-8-14/h4-12H,3H2,1-2H3. The minimum absolute atomic E-state index is 0.274. The van der Waals surface area contributed by atoms with E-state index < -0.39 is 5.97 Å². The van der Waals surface area contributed by atoms with Gasteiger partial charge in [-0.2, -0.15) is 5.26 Å². The molecule has 0 spiro atoms. The summed E-state index contributed by atoms with van der Waals surface area (Å²) in [6.07, 6.45) is 0. The lowest BCUT2D eigenvalue weighted by molar-refractivity contribution is 0.0516. The minimum Gasteiger partial charge on any atom is -0.461 e. The van der Waals surface area contributed by atoms with Crippen molar-refractivity contribution in [3.8, 4) is 28.3 Å². The molecule has 3 rings (SSSR count). The van der Waals surface area contributed by atoms with E-state index in [9.17, 15) is 10.1 Å². The Morgan fingerprint density at radius 1 is 1.08 bits per heavy atom. The number of carbonyl (C=O) groups excluding carboxylic acids is 1. The highest BCUT2D eigenvalue weighted by Crippen LogP contribution is 2.36. The van der Waals surface area contributed by atoms with Crippen molar-refractivity contribution in [3.05, 3.63) is 70.5 Å². The second-order valence-electron chi connectivity index (χ2n) is 5.72. The fraction of sp³-hybridized carbons (Fsp3) is 0.143. The van der Waals surface area contributed by atoms with Gasteiger partial charge < -0.3 is 9.30 Å². The number of hydrogen-bond donors (Lipinski definition) is 0. The summed E-state index contributed by atoms with van der Waals surface area (Å²) in [4.78, 5) is 12.5. The molecule has 5 heteroatoms. The Kier molecular flexibility index (Phi) is 5.24. The smallest absolute Gasteiger partial charge is 0.355 e. The number of rotatable bonds is 4. The van der Waals surface area contributed by atoms with E-state index in [0.29, 0.717) is 21.4 Å². The monoisotopic (exact) mass is 408 g/mol. The van der Waals surface area contributed by atoms with E-state index in [4.69, 9.17) is 4.74 Å². The quantitative estimate of drug-likeness (QED) is 0.559. The first kappa shape index (κ1) is 18.0. The number of halogens is 1. The molecular formula is C21H17BrN2O2. The normalized spacial score (nSPS) is 10.4. The van der Waals surface area contributed by atoms with E-state index in [1.165, 1.54) is 0 Å². The summed E-state index contributed by atoms with van der Waals surface area (Å²) >= 11 is 3.41. The number of hydrogen-bond acceptors (Lipinski definition) is 3. The predicted molar refractivity (Wildman–Crippen MR) is 105 cm³/mol. The van der Waals surface area contributed by atoms with Crippen LogP contribution in [-0.2, 0) is 11.8 Å². The molecule has 0 aliphatic heterocycles. The second kappa shape index (κ2) is 7.59. The Morgan fingerprint density at radius 2 is 1.65 bits per heavy atom. The van der Waals surface area contributed by atoms with Crippen LogP contribution in [0, 0.1) is 11.3 Å². The molecule has 1 aromatic heterocycles. The van der Waals surface area contributed by atoms with Gasteiger partial charge in [0.05, 0.1) is 12.2 Å². The van der Waals surface area contributed by atoms with Crippen molar-refractivity contribution in [3.63, 3.8) is 0 Å². The van der Waals surface area contributed by atoms with Crippen molar-refractivity contribution in [1.82, 2.24) is 4.57 Å². The predicted octanol–water partition coefficient (Wildman–Crippen LogP) is 5.17. The van der Waals surface area contributed by atoms with Crippen molar-refractivity contribution in [2.75, 3.05) is 6.61 Å². The van der Waals surface area contributed by atoms with Crippen molar-refractivity contribution in [1.29, 1.82) is 5.26 Å². The van der Waals surface area contributed by atoms with Gasteiger partial charge in [-0.05, 0) is 39.5 Å². The van der Waals surface area contributed by atoms with E-state index in [1.54, 1.807) is 18.5 Å². The van der Waals surface area contributed by atoms with E-state index in [0.717, 1.165) is 16.7 Å². The van der Waals surface area contributed by atoms with Crippen LogP contribution in [0.1, 0.15) is 23.0 Å². The van der Waals surface area contributed by atoms with Gasteiger partial charge in [0.2, 0.25) is 0 Å². The van der Waals surface area contributed by atoms with Gasteiger partial charge in [0.25, 0.3) is 0 Å². The van der Waals surface area contributed by atoms with Crippen LogP contribution < -0.4 is 0 Å². The third-order valence-corrected chi connectivity index (χ3v) is 5.11. The number of carbonyl (C=O) groups is 1. The fourth-order valence-corrected chi connectivity index (χ4v) is 3.40. The van der Waals surface area contributed by atoms with Gasteiger partial charge in [-0.3, -0.25) is 0 Å². The molecule has 26 heavy (non-hydrogen) atoms. The van der Waals surface area contributed by atoms with Gasteiger partial charge in [0, 0.05) is 12.6 Å². The Morgan fingerprint density at radius 3 is 2.23 bits per heavy atom. The van der Waals surface area contributed by atoms with Gasteiger partial charge in [0.1, 0.15) is 16.4 Å². The highest BCUT2D eigenvalue weighted by molar-refractivity contribution is 9.10. The van der Waals surface area contributed by atoms with Crippen LogP contribution in [0.5, 0.6) is 0 Å². The Hall–Kier alpha value is -2.84. The maximum Gasteiger partial charge on any atom is 0.355 e. The highest BCUT2D eigenvalue weighted by Gasteiger charge is 2.26. The van der Waals surface area contributed by atoms with Crippen molar-refractivity contribution in [2.45, 2.75) is 6.92 Å². The average Bonchev–Trinajstić information content (AvgIpc) is 2.93. The van der Waals surface area contributed by atoms with Crippen LogP contribution >= 0.6 is 15.9 Å². The lowest BCUT2D eigenvalue weighted by atomic mass is 9.98. The number of esters is 1. The maximum atomic E-state index is 12.5. The molecule has 0 aliphatic rings. The molecule has 0 atom stereocenters. The molecule has 2 aromatic carbocycles. The zero-order chi connectivity index (χ0) is 18.7. The molecule has 0 saturated carbocycles. The van der Waals surface area contributed by atoms with Crippen molar-refractivity contribution < 1.29 is 9.53 Å². The van der Waals surface area contributed by atoms with E-state index in [-0.39, 0.29) is 6.61 Å². The molecule has 0 fully saturated rings. The molecule has 130 valence electrons.